The smallest absolute Gasteiger partial charge is 0.122 e. The normalized spacial score (nSPS) is 12.5. The maximum absolute atomic E-state index is 5.93. The van der Waals surface area contributed by atoms with Gasteiger partial charge < -0.3 is 15.5 Å². The first-order chi connectivity index (χ1) is 9.08. The molecule has 3 N–H and O–H groups in total. The van der Waals surface area contributed by atoms with Crippen molar-refractivity contribution in [2.75, 3.05) is 13.7 Å². The van der Waals surface area contributed by atoms with Crippen LogP contribution in [0.25, 0.3) is 0 Å². The minimum Gasteiger partial charge on any atom is -0.496 e. The van der Waals surface area contributed by atoms with Gasteiger partial charge in [0.1, 0.15) is 16.2 Å². The molecule has 2 rings (SSSR count). The highest BCUT2D eigenvalue weighted by Gasteiger charge is 2.19. The second kappa shape index (κ2) is 5.75. The molecule has 19 heavy (non-hydrogen) atoms. The molecule has 4 nitrogen and oxygen atoms in total. The van der Waals surface area contributed by atoms with E-state index in [0.29, 0.717) is 6.54 Å². The Morgan fingerprint density at radius 1 is 1.37 bits per heavy atom. The Kier molecular flexibility index (Phi) is 4.27. The summed E-state index contributed by atoms with van der Waals surface area (Å²) in [6.45, 7) is 4.66. The van der Waals surface area contributed by atoms with Crippen molar-refractivity contribution in [3.05, 3.63) is 45.4 Å². The quantitative estimate of drug-likeness (QED) is 0.909. The van der Waals surface area contributed by atoms with Gasteiger partial charge in [0.2, 0.25) is 0 Å². The summed E-state index contributed by atoms with van der Waals surface area (Å²) in [7, 11) is 1.69. The molecule has 0 amide bonds. The molecule has 1 aromatic heterocycles. The summed E-state index contributed by atoms with van der Waals surface area (Å²) in [5.74, 6) is 1.84. The van der Waals surface area contributed by atoms with Crippen LogP contribution in [0.1, 0.15) is 28.4 Å². The van der Waals surface area contributed by atoms with E-state index < -0.39 is 0 Å². The van der Waals surface area contributed by atoms with Crippen LogP contribution in [0.5, 0.6) is 5.75 Å². The average molecular weight is 324 g/mol. The summed E-state index contributed by atoms with van der Waals surface area (Å²) >= 11 is 3.38. The summed E-state index contributed by atoms with van der Waals surface area (Å²) in [6, 6.07) is 4.05. The van der Waals surface area contributed by atoms with E-state index in [1.165, 1.54) is 11.1 Å². The number of aromatic nitrogens is 2. The molecule has 1 aromatic carbocycles. The van der Waals surface area contributed by atoms with Crippen molar-refractivity contribution in [3.63, 3.8) is 0 Å². The molecule has 0 saturated heterocycles. The molecule has 0 spiro atoms. The Morgan fingerprint density at radius 3 is 2.63 bits per heavy atom. The molecule has 1 unspecified atom stereocenters. The van der Waals surface area contributed by atoms with Crippen molar-refractivity contribution in [2.24, 2.45) is 5.73 Å². The lowest BCUT2D eigenvalue weighted by Crippen LogP contribution is -2.16. The zero-order valence-corrected chi connectivity index (χ0v) is 12.9. The third kappa shape index (κ3) is 2.67. The predicted molar refractivity (Wildman–Crippen MR) is 79.7 cm³/mol. The fourth-order valence-corrected chi connectivity index (χ4v) is 2.60. The molecule has 1 atom stereocenters. The van der Waals surface area contributed by atoms with Crippen LogP contribution in [0.4, 0.5) is 0 Å². The predicted octanol–water partition coefficient (Wildman–Crippen LogP) is 2.89. The van der Waals surface area contributed by atoms with Crippen LogP contribution in [-0.2, 0) is 0 Å². The van der Waals surface area contributed by atoms with Crippen LogP contribution in [0.2, 0.25) is 0 Å². The van der Waals surface area contributed by atoms with Gasteiger partial charge in [0, 0.05) is 6.54 Å². The van der Waals surface area contributed by atoms with Crippen LogP contribution >= 0.6 is 15.9 Å². The second-order valence-corrected chi connectivity index (χ2v) is 5.37. The molecule has 0 radical (unpaired) electrons. The summed E-state index contributed by atoms with van der Waals surface area (Å²) in [6.07, 6.45) is 1.75. The van der Waals surface area contributed by atoms with Gasteiger partial charge in [-0.2, -0.15) is 0 Å². The molecule has 0 fully saturated rings. The van der Waals surface area contributed by atoms with Gasteiger partial charge in [0.05, 0.1) is 19.2 Å². The first-order valence-electron chi connectivity index (χ1n) is 6.13. The molecule has 0 aliphatic carbocycles. The lowest BCUT2D eigenvalue weighted by atomic mass is 9.91. The number of methoxy groups -OCH3 is 1. The third-order valence-corrected chi connectivity index (χ3v) is 3.91. The van der Waals surface area contributed by atoms with Gasteiger partial charge >= 0.3 is 0 Å². The summed E-state index contributed by atoms with van der Waals surface area (Å²) in [5.41, 5.74) is 9.45. The number of ether oxygens (including phenoxy) is 1. The fraction of sp³-hybridized carbons (Fsp3) is 0.357. The van der Waals surface area contributed by atoms with Crippen LogP contribution in [-0.4, -0.2) is 23.6 Å². The Bertz CT molecular complexity index is 580. The molecule has 0 aliphatic heterocycles. The summed E-state index contributed by atoms with van der Waals surface area (Å²) < 4.78 is 6.21. The van der Waals surface area contributed by atoms with E-state index in [9.17, 15) is 0 Å². The number of hydrogen-bond acceptors (Lipinski definition) is 3. The molecule has 2 aromatic rings. The van der Waals surface area contributed by atoms with Crippen LogP contribution in [0.3, 0.4) is 0 Å². The fourth-order valence-electron chi connectivity index (χ4n) is 2.29. The van der Waals surface area contributed by atoms with E-state index in [4.69, 9.17) is 10.5 Å². The van der Waals surface area contributed by atoms with Crippen LogP contribution < -0.4 is 10.5 Å². The molecule has 1 heterocycles. The first-order valence-corrected chi connectivity index (χ1v) is 6.92. The third-order valence-electron chi connectivity index (χ3n) is 3.50. The summed E-state index contributed by atoms with van der Waals surface area (Å²) in [4.78, 5) is 7.56. The zero-order chi connectivity index (χ0) is 14.0. The Morgan fingerprint density at radius 2 is 2.11 bits per heavy atom. The topological polar surface area (TPSA) is 63.9 Å². The molecule has 0 saturated carbocycles. The number of nitrogens with zero attached hydrogens (tertiary/aromatic N) is 1. The van der Waals surface area contributed by atoms with Crippen molar-refractivity contribution >= 4 is 15.9 Å². The van der Waals surface area contributed by atoms with Gasteiger partial charge in [-0.05, 0) is 52.5 Å². The number of halogens is 1. The number of imidazole rings is 1. The number of hydrogen-bond donors (Lipinski definition) is 2. The van der Waals surface area contributed by atoms with Crippen molar-refractivity contribution in [2.45, 2.75) is 19.8 Å². The van der Waals surface area contributed by atoms with E-state index in [1.54, 1.807) is 13.3 Å². The molecular formula is C14H18BrN3O. The number of benzene rings is 1. The lowest BCUT2D eigenvalue weighted by molar-refractivity contribution is 0.411. The number of aromatic amines is 1. The monoisotopic (exact) mass is 323 g/mol. The van der Waals surface area contributed by atoms with E-state index in [-0.39, 0.29) is 5.92 Å². The van der Waals surface area contributed by atoms with E-state index >= 15 is 0 Å². The Hall–Kier alpha value is -1.33. The van der Waals surface area contributed by atoms with Crippen molar-refractivity contribution in [1.29, 1.82) is 0 Å². The van der Waals surface area contributed by atoms with E-state index in [2.05, 4.69) is 45.8 Å². The SMILES string of the molecule is COc1ccc(C(CN)c2ncc(Br)[nH]2)c(C)c1C. The Balaban J connectivity index is 2.47. The minimum absolute atomic E-state index is 0.0657. The Labute approximate surface area is 121 Å². The zero-order valence-electron chi connectivity index (χ0n) is 11.3. The molecule has 102 valence electrons. The standard InChI is InChI=1S/C14H18BrN3O/c1-8-9(2)12(19-3)5-4-10(8)11(6-16)14-17-7-13(15)18-14/h4-5,7,11H,6,16H2,1-3H3,(H,17,18). The van der Waals surface area contributed by atoms with Gasteiger partial charge in [0.15, 0.2) is 0 Å². The van der Waals surface area contributed by atoms with Crippen LogP contribution in [0.15, 0.2) is 22.9 Å². The van der Waals surface area contributed by atoms with Crippen molar-refractivity contribution in [1.82, 2.24) is 9.97 Å². The number of nitrogens with one attached hydrogen (secondary N) is 1. The van der Waals surface area contributed by atoms with Gasteiger partial charge in [-0.1, -0.05) is 6.07 Å². The number of H-pyrrole nitrogens is 1. The highest BCUT2D eigenvalue weighted by molar-refractivity contribution is 9.10. The second-order valence-electron chi connectivity index (χ2n) is 4.51. The minimum atomic E-state index is 0.0657. The highest BCUT2D eigenvalue weighted by Crippen LogP contribution is 2.31. The van der Waals surface area contributed by atoms with Crippen molar-refractivity contribution < 1.29 is 4.74 Å². The number of nitrogens with two attached hydrogens (primary N) is 1. The van der Waals surface area contributed by atoms with Crippen LogP contribution in [0, 0.1) is 13.8 Å². The molecule has 0 bridgehead atoms. The molecular weight excluding hydrogens is 306 g/mol. The molecule has 5 heteroatoms. The van der Waals surface area contributed by atoms with Gasteiger partial charge in [-0.15, -0.1) is 0 Å². The highest BCUT2D eigenvalue weighted by atomic mass is 79.9. The summed E-state index contributed by atoms with van der Waals surface area (Å²) in [5, 5.41) is 0. The average Bonchev–Trinajstić information content (AvgIpc) is 2.82. The maximum Gasteiger partial charge on any atom is 0.122 e. The van der Waals surface area contributed by atoms with Gasteiger partial charge in [-0.3, -0.25) is 0 Å². The lowest BCUT2D eigenvalue weighted by Gasteiger charge is -2.18. The van der Waals surface area contributed by atoms with Gasteiger partial charge in [0.25, 0.3) is 0 Å². The number of rotatable bonds is 4. The maximum atomic E-state index is 5.93. The molecule has 0 aliphatic rings. The van der Waals surface area contributed by atoms with Crippen molar-refractivity contribution in [3.8, 4) is 5.75 Å². The van der Waals surface area contributed by atoms with Gasteiger partial charge in [-0.25, -0.2) is 4.98 Å². The largest absolute Gasteiger partial charge is 0.496 e. The van der Waals surface area contributed by atoms with E-state index in [1.807, 2.05) is 6.07 Å². The first kappa shape index (κ1) is 14.1. The van der Waals surface area contributed by atoms with E-state index in [0.717, 1.165) is 21.7 Å².